The van der Waals surface area contributed by atoms with E-state index in [9.17, 15) is 13.2 Å². The zero-order valence-corrected chi connectivity index (χ0v) is 21.5. The Hall–Kier alpha value is -2.61. The zero-order chi connectivity index (χ0) is 25.0. The van der Waals surface area contributed by atoms with Crippen LogP contribution in [0.5, 0.6) is 0 Å². The minimum Gasteiger partial charge on any atom is -0.351 e. The van der Waals surface area contributed by atoms with Gasteiger partial charge in [-0.2, -0.15) is 4.31 Å². The van der Waals surface area contributed by atoms with Crippen molar-refractivity contribution < 1.29 is 13.2 Å². The largest absolute Gasteiger partial charge is 0.351 e. The van der Waals surface area contributed by atoms with Crippen molar-refractivity contribution in [2.45, 2.75) is 18.0 Å². The molecule has 1 N–H and O–H groups in total. The van der Waals surface area contributed by atoms with Gasteiger partial charge in [0.15, 0.2) is 0 Å². The maximum absolute atomic E-state index is 13.4. The van der Waals surface area contributed by atoms with Crippen LogP contribution in [0.15, 0.2) is 89.8 Å². The first-order valence-electron chi connectivity index (χ1n) is 10.7. The van der Waals surface area contributed by atoms with Crippen LogP contribution in [0.25, 0.3) is 10.8 Å². The predicted octanol–water partition coefficient (Wildman–Crippen LogP) is 6.31. The number of hydrogen-bond donors (Lipinski definition) is 1. The van der Waals surface area contributed by atoms with E-state index in [-0.39, 0.29) is 24.5 Å². The van der Waals surface area contributed by atoms with Crippen LogP contribution < -0.4 is 5.32 Å². The fourth-order valence-electron chi connectivity index (χ4n) is 3.68. The highest BCUT2D eigenvalue weighted by molar-refractivity contribution is 7.89. The Kier molecular flexibility index (Phi) is 7.99. The lowest BCUT2D eigenvalue weighted by Crippen LogP contribution is -2.40. The van der Waals surface area contributed by atoms with E-state index >= 15 is 0 Å². The number of nitrogens with one attached hydrogen (secondary N) is 1. The van der Waals surface area contributed by atoms with Gasteiger partial charge in [0.25, 0.3) is 0 Å². The summed E-state index contributed by atoms with van der Waals surface area (Å²) in [7, 11) is -4.01. The molecule has 0 saturated carbocycles. The van der Waals surface area contributed by atoms with Crippen molar-refractivity contribution in [1.29, 1.82) is 0 Å². The SMILES string of the molecule is O=C(CN(Cc1ccc(Cl)c(Cl)c1)S(=O)(=O)c1ccc(Cl)cc1)NCc1cccc2ccccc12. The third kappa shape index (κ3) is 6.15. The summed E-state index contributed by atoms with van der Waals surface area (Å²) in [6.07, 6.45) is 0. The van der Waals surface area contributed by atoms with Gasteiger partial charge in [0, 0.05) is 18.1 Å². The molecule has 0 heterocycles. The Bertz CT molecular complexity index is 1470. The molecule has 0 aliphatic rings. The minimum absolute atomic E-state index is 0.0313. The van der Waals surface area contributed by atoms with Gasteiger partial charge in [-0.25, -0.2) is 8.42 Å². The number of carbonyl (C=O) groups excluding carboxylic acids is 1. The van der Waals surface area contributed by atoms with Crippen LogP contribution >= 0.6 is 34.8 Å². The highest BCUT2D eigenvalue weighted by atomic mass is 35.5. The third-order valence-corrected chi connectivity index (χ3v) is 8.27. The van der Waals surface area contributed by atoms with Crippen LogP contribution in [0.4, 0.5) is 0 Å². The first kappa shape index (κ1) is 25.5. The van der Waals surface area contributed by atoms with E-state index in [0.29, 0.717) is 20.6 Å². The van der Waals surface area contributed by atoms with Gasteiger partial charge in [0.2, 0.25) is 15.9 Å². The molecule has 0 spiro atoms. The van der Waals surface area contributed by atoms with Crippen molar-refractivity contribution in [2.75, 3.05) is 6.54 Å². The summed E-state index contributed by atoms with van der Waals surface area (Å²) in [6, 6.07) is 24.4. The Labute approximate surface area is 219 Å². The molecule has 180 valence electrons. The Morgan fingerprint density at radius 2 is 1.54 bits per heavy atom. The molecule has 35 heavy (non-hydrogen) atoms. The maximum Gasteiger partial charge on any atom is 0.243 e. The summed E-state index contributed by atoms with van der Waals surface area (Å²) >= 11 is 18.1. The van der Waals surface area contributed by atoms with Gasteiger partial charge < -0.3 is 5.32 Å². The molecule has 0 aliphatic heterocycles. The minimum atomic E-state index is -4.01. The van der Waals surface area contributed by atoms with E-state index in [1.165, 1.54) is 24.3 Å². The van der Waals surface area contributed by atoms with Gasteiger partial charge in [0.05, 0.1) is 21.5 Å². The van der Waals surface area contributed by atoms with Crippen LogP contribution in [0, 0.1) is 0 Å². The molecule has 4 aromatic carbocycles. The summed E-state index contributed by atoms with van der Waals surface area (Å²) in [5.41, 5.74) is 1.53. The molecule has 0 saturated heterocycles. The van der Waals surface area contributed by atoms with E-state index < -0.39 is 15.9 Å². The highest BCUT2D eigenvalue weighted by Gasteiger charge is 2.27. The fourth-order valence-corrected chi connectivity index (χ4v) is 5.51. The molecule has 0 fully saturated rings. The van der Waals surface area contributed by atoms with E-state index in [4.69, 9.17) is 34.8 Å². The van der Waals surface area contributed by atoms with Crippen molar-refractivity contribution in [3.63, 3.8) is 0 Å². The van der Waals surface area contributed by atoms with Crippen LogP contribution in [0.3, 0.4) is 0 Å². The zero-order valence-electron chi connectivity index (χ0n) is 18.4. The van der Waals surface area contributed by atoms with E-state index in [1.807, 2.05) is 42.5 Å². The maximum atomic E-state index is 13.4. The van der Waals surface area contributed by atoms with Gasteiger partial charge in [-0.15, -0.1) is 0 Å². The number of fused-ring (bicyclic) bond motifs is 1. The van der Waals surface area contributed by atoms with Gasteiger partial charge in [-0.05, 0) is 58.3 Å². The molecule has 4 aromatic rings. The highest BCUT2D eigenvalue weighted by Crippen LogP contribution is 2.26. The normalized spacial score (nSPS) is 11.7. The average molecular weight is 548 g/mol. The number of sulfonamides is 1. The summed E-state index contributed by atoms with van der Waals surface area (Å²) in [5, 5.41) is 6.00. The number of halogens is 3. The molecule has 0 atom stereocenters. The van der Waals surface area contributed by atoms with Crippen molar-refractivity contribution in [1.82, 2.24) is 9.62 Å². The standard InChI is InChI=1S/C26H21Cl3N2O3S/c27-21-9-11-22(12-10-21)35(33,34)31(16-18-8-13-24(28)25(29)14-18)17-26(32)30-15-20-6-3-5-19-4-1-2-7-23(19)20/h1-14H,15-17H2,(H,30,32). The van der Waals surface area contributed by atoms with Crippen LogP contribution in [-0.2, 0) is 27.9 Å². The van der Waals surface area contributed by atoms with E-state index in [2.05, 4.69) is 5.32 Å². The predicted molar refractivity (Wildman–Crippen MR) is 141 cm³/mol. The lowest BCUT2D eigenvalue weighted by atomic mass is 10.0. The second-order valence-corrected chi connectivity index (χ2v) is 11.1. The molecular weight excluding hydrogens is 527 g/mol. The Morgan fingerprint density at radius 1 is 0.829 bits per heavy atom. The second kappa shape index (κ2) is 11.0. The molecule has 0 bridgehead atoms. The quantitative estimate of drug-likeness (QED) is 0.281. The number of carbonyl (C=O) groups is 1. The fraction of sp³-hybridized carbons (Fsp3) is 0.115. The summed E-state index contributed by atoms with van der Waals surface area (Å²) in [6.45, 7) is -0.179. The topological polar surface area (TPSA) is 66.5 Å². The Morgan fingerprint density at radius 3 is 2.29 bits per heavy atom. The van der Waals surface area contributed by atoms with Crippen LogP contribution in [0.1, 0.15) is 11.1 Å². The first-order chi connectivity index (χ1) is 16.7. The van der Waals surface area contributed by atoms with Crippen molar-refractivity contribution in [3.05, 3.63) is 111 Å². The van der Waals surface area contributed by atoms with Crippen molar-refractivity contribution in [3.8, 4) is 0 Å². The number of rotatable bonds is 8. The number of amides is 1. The van der Waals surface area contributed by atoms with Gasteiger partial charge >= 0.3 is 0 Å². The lowest BCUT2D eigenvalue weighted by molar-refractivity contribution is -0.121. The molecule has 1 amide bonds. The van der Waals surface area contributed by atoms with Gasteiger partial charge in [-0.1, -0.05) is 83.3 Å². The molecule has 5 nitrogen and oxygen atoms in total. The molecule has 4 rings (SSSR count). The van der Waals surface area contributed by atoms with Crippen LogP contribution in [-0.4, -0.2) is 25.2 Å². The summed E-state index contributed by atoms with van der Waals surface area (Å²) < 4.78 is 28.0. The summed E-state index contributed by atoms with van der Waals surface area (Å²) in [4.78, 5) is 13.0. The second-order valence-electron chi connectivity index (χ2n) is 7.89. The van der Waals surface area contributed by atoms with Gasteiger partial charge in [0.1, 0.15) is 0 Å². The molecule has 0 radical (unpaired) electrons. The van der Waals surface area contributed by atoms with Crippen molar-refractivity contribution >= 4 is 61.5 Å². The first-order valence-corrected chi connectivity index (χ1v) is 13.2. The van der Waals surface area contributed by atoms with Gasteiger partial charge in [-0.3, -0.25) is 4.79 Å². The number of benzene rings is 4. The molecule has 0 aromatic heterocycles. The summed E-state index contributed by atoms with van der Waals surface area (Å²) in [5.74, 6) is -0.435. The molecule has 9 heteroatoms. The molecule has 0 aliphatic carbocycles. The Balaban J connectivity index is 1.57. The van der Waals surface area contributed by atoms with E-state index in [1.54, 1.807) is 18.2 Å². The van der Waals surface area contributed by atoms with Crippen LogP contribution in [0.2, 0.25) is 15.1 Å². The smallest absolute Gasteiger partial charge is 0.243 e. The van der Waals surface area contributed by atoms with Crippen molar-refractivity contribution in [2.24, 2.45) is 0 Å². The lowest BCUT2D eigenvalue weighted by Gasteiger charge is -2.22. The third-order valence-electron chi connectivity index (χ3n) is 5.47. The molecular formula is C26H21Cl3N2O3S. The average Bonchev–Trinajstić information content (AvgIpc) is 2.85. The number of nitrogens with zero attached hydrogens (tertiary/aromatic N) is 1. The number of hydrogen-bond acceptors (Lipinski definition) is 3. The molecule has 0 unspecified atom stereocenters. The monoisotopic (exact) mass is 546 g/mol. The van der Waals surface area contributed by atoms with E-state index in [0.717, 1.165) is 20.6 Å².